The summed E-state index contributed by atoms with van der Waals surface area (Å²) in [5, 5.41) is 1.03. The molecular weight excluding hydrogens is 445 g/mol. The first-order valence-electron chi connectivity index (χ1n) is 12.1. The molecule has 2 atom stereocenters. The zero-order valence-electron chi connectivity index (χ0n) is 20.3. The highest BCUT2D eigenvalue weighted by atomic mass is 19.1. The van der Waals surface area contributed by atoms with Gasteiger partial charge in [-0.25, -0.2) is 4.39 Å². The summed E-state index contributed by atoms with van der Waals surface area (Å²) in [6.45, 7) is 3.71. The first-order valence-corrected chi connectivity index (χ1v) is 12.1. The number of hydrogen-bond acceptors (Lipinski definition) is 5. The summed E-state index contributed by atoms with van der Waals surface area (Å²) in [6.07, 6.45) is 6.53. The molecule has 1 aromatic heterocycles. The van der Waals surface area contributed by atoms with E-state index in [2.05, 4.69) is 12.1 Å². The lowest BCUT2D eigenvalue weighted by atomic mass is 9.92. The molecule has 182 valence electrons. The number of pyridine rings is 1. The van der Waals surface area contributed by atoms with E-state index >= 15 is 0 Å². The van der Waals surface area contributed by atoms with Crippen molar-refractivity contribution in [3.8, 4) is 11.1 Å². The Kier molecular flexibility index (Phi) is 6.43. The average Bonchev–Trinajstić information content (AvgIpc) is 3.67. The van der Waals surface area contributed by atoms with Gasteiger partial charge in [0.15, 0.2) is 5.79 Å². The molecule has 3 aromatic rings. The first kappa shape index (κ1) is 23.6. The van der Waals surface area contributed by atoms with E-state index in [1.165, 1.54) is 19.2 Å². The first-order chi connectivity index (χ1) is 16.8. The van der Waals surface area contributed by atoms with Crippen LogP contribution in [0.5, 0.6) is 0 Å². The quantitative estimate of drug-likeness (QED) is 0.386. The van der Waals surface area contributed by atoms with Crippen molar-refractivity contribution in [2.75, 3.05) is 7.11 Å². The van der Waals surface area contributed by atoms with E-state index in [1.807, 2.05) is 50.3 Å². The van der Waals surface area contributed by atoms with Crippen molar-refractivity contribution in [2.45, 2.75) is 63.4 Å². The van der Waals surface area contributed by atoms with Crippen LogP contribution < -0.4 is 0 Å². The number of carbonyl (C=O) groups is 1. The second-order valence-corrected chi connectivity index (χ2v) is 9.76. The fraction of sp³-hybridized carbons (Fsp3) is 0.379. The molecule has 2 aliphatic rings. The summed E-state index contributed by atoms with van der Waals surface area (Å²) < 4.78 is 30.7. The fourth-order valence-electron chi connectivity index (χ4n) is 4.87. The van der Waals surface area contributed by atoms with Crippen LogP contribution >= 0.6 is 0 Å². The number of benzene rings is 2. The van der Waals surface area contributed by atoms with Gasteiger partial charge in [0.05, 0.1) is 36.9 Å². The summed E-state index contributed by atoms with van der Waals surface area (Å²) in [5.41, 5.74) is 5.04. The Morgan fingerprint density at radius 3 is 2.60 bits per heavy atom. The standard InChI is InChI=1S/C29H30FNO4/c1-29(2)34-21(16-22(35-29)17-26(32)33-3)14-15-24-27(18-10-12-20(30)13-11-18)23-6-4-5-7-25(23)31-28(24)19-8-9-19/h4-7,10-15,19,21-22H,8-9,16-17H2,1-3H3/b15-14-/t21-,22-/m1/s1. The highest BCUT2D eigenvalue weighted by Gasteiger charge is 2.36. The molecule has 1 aliphatic carbocycles. The largest absolute Gasteiger partial charge is 0.469 e. The van der Waals surface area contributed by atoms with E-state index < -0.39 is 5.79 Å². The molecule has 2 fully saturated rings. The van der Waals surface area contributed by atoms with Crippen LogP contribution in [0.25, 0.3) is 28.1 Å². The Morgan fingerprint density at radius 2 is 1.89 bits per heavy atom. The Hall–Kier alpha value is -3.09. The minimum absolute atomic E-state index is 0.180. The molecule has 0 bridgehead atoms. The van der Waals surface area contributed by atoms with Gasteiger partial charge in [-0.1, -0.05) is 42.5 Å². The van der Waals surface area contributed by atoms with E-state index in [0.29, 0.717) is 12.3 Å². The molecule has 0 spiro atoms. The Bertz CT molecular complexity index is 1260. The summed E-state index contributed by atoms with van der Waals surface area (Å²) >= 11 is 0. The van der Waals surface area contributed by atoms with Crippen LogP contribution in [0.3, 0.4) is 0 Å². The van der Waals surface area contributed by atoms with Crippen LogP contribution in [-0.2, 0) is 19.0 Å². The maximum atomic E-state index is 13.8. The second kappa shape index (κ2) is 9.51. The number of ether oxygens (including phenoxy) is 3. The SMILES string of the molecule is COC(=O)C[C@H]1C[C@@H](/C=C\c2c(C3CC3)nc3ccccc3c2-c2ccc(F)cc2)OC(C)(C)O1. The maximum absolute atomic E-state index is 13.8. The molecule has 2 aromatic carbocycles. The number of aromatic nitrogens is 1. The van der Waals surface area contributed by atoms with Crippen LogP contribution in [0.15, 0.2) is 54.6 Å². The van der Waals surface area contributed by atoms with Crippen molar-refractivity contribution in [2.24, 2.45) is 0 Å². The summed E-state index contributed by atoms with van der Waals surface area (Å²) in [5.74, 6) is -0.977. The van der Waals surface area contributed by atoms with E-state index in [1.54, 1.807) is 0 Å². The van der Waals surface area contributed by atoms with Gasteiger partial charge in [0, 0.05) is 28.9 Å². The molecule has 0 N–H and O–H groups in total. The van der Waals surface area contributed by atoms with Crippen LogP contribution in [0.2, 0.25) is 0 Å². The average molecular weight is 476 g/mol. The minimum atomic E-state index is -0.827. The summed E-state index contributed by atoms with van der Waals surface area (Å²) in [7, 11) is 1.38. The molecule has 0 unspecified atom stereocenters. The van der Waals surface area contributed by atoms with Crippen LogP contribution in [-0.4, -0.2) is 36.1 Å². The molecule has 6 heteroatoms. The third-order valence-corrected chi connectivity index (χ3v) is 6.54. The van der Waals surface area contributed by atoms with Gasteiger partial charge in [0.2, 0.25) is 0 Å². The summed E-state index contributed by atoms with van der Waals surface area (Å²) in [6, 6.07) is 14.7. The number of esters is 1. The van der Waals surface area contributed by atoms with Crippen LogP contribution in [0, 0.1) is 5.82 Å². The number of nitrogens with zero attached hydrogens (tertiary/aromatic N) is 1. The number of methoxy groups -OCH3 is 1. The van der Waals surface area contributed by atoms with Gasteiger partial charge in [-0.05, 0) is 50.5 Å². The van der Waals surface area contributed by atoms with Gasteiger partial charge in [-0.15, -0.1) is 0 Å². The van der Waals surface area contributed by atoms with Crippen molar-refractivity contribution in [1.29, 1.82) is 0 Å². The van der Waals surface area contributed by atoms with Gasteiger partial charge in [0.25, 0.3) is 0 Å². The zero-order chi connectivity index (χ0) is 24.6. The molecule has 1 saturated heterocycles. The second-order valence-electron chi connectivity index (χ2n) is 9.76. The molecule has 1 aliphatic heterocycles. The van der Waals surface area contributed by atoms with Gasteiger partial charge in [0.1, 0.15) is 5.82 Å². The van der Waals surface area contributed by atoms with E-state index in [0.717, 1.165) is 46.1 Å². The van der Waals surface area contributed by atoms with E-state index in [4.69, 9.17) is 19.2 Å². The monoisotopic (exact) mass is 475 g/mol. The van der Waals surface area contributed by atoms with Gasteiger partial charge in [-0.3, -0.25) is 9.78 Å². The fourth-order valence-corrected chi connectivity index (χ4v) is 4.87. The highest BCUT2D eigenvalue weighted by Crippen LogP contribution is 2.45. The van der Waals surface area contributed by atoms with Gasteiger partial charge >= 0.3 is 5.97 Å². The number of carbonyl (C=O) groups excluding carboxylic acids is 1. The number of para-hydroxylation sites is 1. The molecule has 0 radical (unpaired) electrons. The third-order valence-electron chi connectivity index (χ3n) is 6.54. The van der Waals surface area contributed by atoms with E-state index in [-0.39, 0.29) is 30.4 Å². The maximum Gasteiger partial charge on any atom is 0.308 e. The zero-order valence-corrected chi connectivity index (χ0v) is 20.3. The van der Waals surface area contributed by atoms with Crippen molar-refractivity contribution in [3.63, 3.8) is 0 Å². The van der Waals surface area contributed by atoms with Crippen molar-refractivity contribution in [3.05, 3.63) is 71.7 Å². The molecule has 2 heterocycles. The molecular formula is C29H30FNO4. The highest BCUT2D eigenvalue weighted by molar-refractivity contribution is 5.99. The molecule has 0 amide bonds. The van der Waals surface area contributed by atoms with Gasteiger partial charge in [-0.2, -0.15) is 0 Å². The lowest BCUT2D eigenvalue weighted by Gasteiger charge is -2.39. The topological polar surface area (TPSA) is 57.7 Å². The predicted molar refractivity (Wildman–Crippen MR) is 133 cm³/mol. The predicted octanol–water partition coefficient (Wildman–Crippen LogP) is 6.40. The number of rotatable bonds is 6. The lowest BCUT2D eigenvalue weighted by Crippen LogP contribution is -2.44. The van der Waals surface area contributed by atoms with Gasteiger partial charge < -0.3 is 14.2 Å². The normalized spacial score (nSPS) is 21.9. The third kappa shape index (κ3) is 5.29. The summed E-state index contributed by atoms with van der Waals surface area (Å²) in [4.78, 5) is 16.9. The van der Waals surface area contributed by atoms with Crippen molar-refractivity contribution < 1.29 is 23.4 Å². The van der Waals surface area contributed by atoms with Crippen LogP contribution in [0.4, 0.5) is 4.39 Å². The molecule has 5 nitrogen and oxygen atoms in total. The Balaban J connectivity index is 1.58. The Morgan fingerprint density at radius 1 is 1.14 bits per heavy atom. The smallest absolute Gasteiger partial charge is 0.308 e. The van der Waals surface area contributed by atoms with Crippen molar-refractivity contribution in [1.82, 2.24) is 4.98 Å². The van der Waals surface area contributed by atoms with Crippen LogP contribution in [0.1, 0.15) is 56.7 Å². The number of fused-ring (bicyclic) bond motifs is 1. The van der Waals surface area contributed by atoms with Crippen molar-refractivity contribution >= 4 is 22.9 Å². The minimum Gasteiger partial charge on any atom is -0.469 e. The number of halogens is 1. The van der Waals surface area contributed by atoms with E-state index in [9.17, 15) is 9.18 Å². The molecule has 1 saturated carbocycles. The molecule has 5 rings (SSSR count). The lowest BCUT2D eigenvalue weighted by molar-refractivity contribution is -0.290. The number of hydrogen-bond donors (Lipinski definition) is 0. The molecule has 35 heavy (non-hydrogen) atoms. The Labute approximate surface area is 204 Å².